The number of hydrogen-bond acceptors (Lipinski definition) is 4. The van der Waals surface area contributed by atoms with Crippen LogP contribution in [0, 0.1) is 0 Å². The highest BCUT2D eigenvalue weighted by Gasteiger charge is 2.25. The molecule has 0 unspecified atom stereocenters. The summed E-state index contributed by atoms with van der Waals surface area (Å²) in [5.74, 6) is -0.391. The fraction of sp³-hybridized carbons (Fsp3) is 0.846. The number of amides is 1. The number of thioether (sulfide) groups is 1. The van der Waals surface area contributed by atoms with Crippen LogP contribution in [0.4, 0.5) is 0 Å². The Morgan fingerprint density at radius 1 is 1.17 bits per heavy atom. The van der Waals surface area contributed by atoms with Gasteiger partial charge >= 0.3 is 5.97 Å². The van der Waals surface area contributed by atoms with Gasteiger partial charge in [-0.15, -0.1) is 0 Å². The lowest BCUT2D eigenvalue weighted by atomic mass is 10.0. The molecule has 5 heteroatoms. The van der Waals surface area contributed by atoms with Crippen molar-refractivity contribution < 1.29 is 14.3 Å². The molecule has 0 saturated heterocycles. The highest BCUT2D eigenvalue weighted by molar-refractivity contribution is 8.00. The summed E-state index contributed by atoms with van der Waals surface area (Å²) in [5.41, 5.74) is 0. The van der Waals surface area contributed by atoms with Gasteiger partial charge in [0.05, 0.1) is 13.0 Å². The van der Waals surface area contributed by atoms with Crippen molar-refractivity contribution in [3.63, 3.8) is 0 Å². The van der Waals surface area contributed by atoms with Gasteiger partial charge in [0.2, 0.25) is 5.91 Å². The molecular weight excluding hydrogens is 250 g/mol. The fourth-order valence-electron chi connectivity index (χ4n) is 1.66. The molecule has 0 fully saturated rings. The van der Waals surface area contributed by atoms with Crippen LogP contribution in [-0.2, 0) is 14.3 Å². The molecule has 0 aliphatic rings. The zero-order chi connectivity index (χ0) is 14.0. The molecule has 0 saturated carbocycles. The summed E-state index contributed by atoms with van der Waals surface area (Å²) >= 11 is 1.79. The second-order valence-electron chi connectivity index (χ2n) is 4.18. The lowest BCUT2D eigenvalue weighted by Gasteiger charge is -2.29. The molecule has 0 aliphatic carbocycles. The van der Waals surface area contributed by atoms with Crippen molar-refractivity contribution in [3.05, 3.63) is 0 Å². The molecule has 0 heterocycles. The largest absolute Gasteiger partial charge is 0.466 e. The van der Waals surface area contributed by atoms with E-state index in [0.29, 0.717) is 13.2 Å². The fourth-order valence-corrected chi connectivity index (χ4v) is 2.45. The quantitative estimate of drug-likeness (QED) is 0.656. The van der Waals surface area contributed by atoms with Gasteiger partial charge in [-0.3, -0.25) is 9.59 Å². The molecule has 106 valence electrons. The highest BCUT2D eigenvalue weighted by atomic mass is 32.2. The highest BCUT2D eigenvalue weighted by Crippen LogP contribution is 2.29. The Morgan fingerprint density at radius 3 is 2.22 bits per heavy atom. The first-order valence-electron chi connectivity index (χ1n) is 6.51. The Morgan fingerprint density at radius 2 is 1.78 bits per heavy atom. The molecule has 1 amide bonds. The van der Waals surface area contributed by atoms with E-state index in [9.17, 15) is 9.59 Å². The van der Waals surface area contributed by atoms with Crippen LogP contribution in [0.5, 0.6) is 0 Å². The lowest BCUT2D eigenvalue weighted by Crippen LogP contribution is -2.39. The predicted molar refractivity (Wildman–Crippen MR) is 75.7 cm³/mol. The number of carbonyl (C=O) groups excluding carboxylic acids is 2. The normalized spacial score (nSPS) is 11.1. The standard InChI is InChI=1S/C13H25NO3S/c1-5-13(6-2,18-4)10-14-11(15)8-9-12(16)17-7-3/h5-10H2,1-4H3,(H,14,15). The summed E-state index contributed by atoms with van der Waals surface area (Å²) in [6.45, 7) is 7.04. The second kappa shape index (κ2) is 9.25. The van der Waals surface area contributed by atoms with Gasteiger partial charge in [-0.25, -0.2) is 0 Å². The first kappa shape index (κ1) is 17.3. The SMILES string of the molecule is CCOC(=O)CCC(=O)NCC(CC)(CC)SC. The molecular formula is C13H25NO3S. The van der Waals surface area contributed by atoms with Crippen molar-refractivity contribution >= 4 is 23.6 Å². The van der Waals surface area contributed by atoms with Gasteiger partial charge in [-0.2, -0.15) is 11.8 Å². The number of hydrogen-bond donors (Lipinski definition) is 1. The Bertz CT molecular complexity index is 257. The van der Waals surface area contributed by atoms with E-state index >= 15 is 0 Å². The van der Waals surface area contributed by atoms with Gasteiger partial charge in [0.1, 0.15) is 0 Å². The molecule has 0 aromatic heterocycles. The summed E-state index contributed by atoms with van der Waals surface area (Å²) in [6.07, 6.45) is 4.46. The molecule has 0 aliphatic heterocycles. The van der Waals surface area contributed by atoms with Gasteiger partial charge in [0.25, 0.3) is 0 Å². The van der Waals surface area contributed by atoms with Crippen LogP contribution in [0.1, 0.15) is 46.5 Å². The third kappa shape index (κ3) is 6.28. The first-order chi connectivity index (χ1) is 8.53. The van der Waals surface area contributed by atoms with E-state index in [1.54, 1.807) is 18.7 Å². The average molecular weight is 275 g/mol. The van der Waals surface area contributed by atoms with Gasteiger partial charge in [-0.05, 0) is 26.0 Å². The maximum atomic E-state index is 11.6. The topological polar surface area (TPSA) is 55.4 Å². The first-order valence-corrected chi connectivity index (χ1v) is 7.73. The molecule has 0 spiro atoms. The Labute approximate surface area is 114 Å². The van der Waals surface area contributed by atoms with Gasteiger partial charge in [0, 0.05) is 17.7 Å². The summed E-state index contributed by atoms with van der Waals surface area (Å²) in [5, 5.41) is 2.91. The minimum atomic E-state index is -0.310. The third-order valence-corrected chi connectivity index (χ3v) is 4.78. The maximum absolute atomic E-state index is 11.6. The Kier molecular flexibility index (Phi) is 8.89. The number of rotatable bonds is 9. The van der Waals surface area contributed by atoms with Crippen LogP contribution >= 0.6 is 11.8 Å². The van der Waals surface area contributed by atoms with E-state index in [2.05, 4.69) is 25.4 Å². The number of ether oxygens (including phenoxy) is 1. The van der Waals surface area contributed by atoms with E-state index in [4.69, 9.17) is 4.74 Å². The zero-order valence-corrected chi connectivity index (χ0v) is 12.7. The summed E-state index contributed by atoms with van der Waals surface area (Å²) < 4.78 is 4.89. The molecule has 18 heavy (non-hydrogen) atoms. The molecule has 0 bridgehead atoms. The zero-order valence-electron chi connectivity index (χ0n) is 11.9. The van der Waals surface area contributed by atoms with Crippen molar-refractivity contribution in [1.29, 1.82) is 0 Å². The van der Waals surface area contributed by atoms with Crippen LogP contribution in [0.2, 0.25) is 0 Å². The van der Waals surface area contributed by atoms with Crippen LogP contribution < -0.4 is 5.32 Å². The predicted octanol–water partition coefficient (Wildman–Crippen LogP) is 2.37. The number of carbonyl (C=O) groups is 2. The summed E-state index contributed by atoms with van der Waals surface area (Å²) in [7, 11) is 0. The molecule has 0 atom stereocenters. The molecule has 0 aromatic rings. The van der Waals surface area contributed by atoms with Crippen LogP contribution in [0.3, 0.4) is 0 Å². The molecule has 0 rings (SSSR count). The molecule has 0 radical (unpaired) electrons. The monoisotopic (exact) mass is 275 g/mol. The Balaban J connectivity index is 3.98. The van der Waals surface area contributed by atoms with Crippen molar-refractivity contribution in [2.24, 2.45) is 0 Å². The van der Waals surface area contributed by atoms with Crippen molar-refractivity contribution in [2.75, 3.05) is 19.4 Å². The second-order valence-corrected chi connectivity index (χ2v) is 5.45. The van der Waals surface area contributed by atoms with Crippen molar-refractivity contribution in [2.45, 2.75) is 51.2 Å². The van der Waals surface area contributed by atoms with E-state index < -0.39 is 0 Å². The van der Waals surface area contributed by atoms with E-state index in [-0.39, 0.29) is 29.5 Å². The van der Waals surface area contributed by atoms with Crippen LogP contribution in [0.25, 0.3) is 0 Å². The number of nitrogens with one attached hydrogen (secondary N) is 1. The Hall–Kier alpha value is -0.710. The smallest absolute Gasteiger partial charge is 0.306 e. The van der Waals surface area contributed by atoms with Crippen molar-refractivity contribution in [3.8, 4) is 0 Å². The summed E-state index contributed by atoms with van der Waals surface area (Å²) in [6, 6.07) is 0. The van der Waals surface area contributed by atoms with Gasteiger partial charge < -0.3 is 10.1 Å². The molecule has 0 aromatic carbocycles. The lowest BCUT2D eigenvalue weighted by molar-refractivity contribution is -0.144. The van der Waals surface area contributed by atoms with Gasteiger partial charge in [0.15, 0.2) is 0 Å². The average Bonchev–Trinajstić information content (AvgIpc) is 2.39. The third-order valence-electron chi connectivity index (χ3n) is 3.19. The van der Waals surface area contributed by atoms with Gasteiger partial charge in [-0.1, -0.05) is 13.8 Å². The van der Waals surface area contributed by atoms with E-state index in [1.165, 1.54) is 0 Å². The molecule has 1 N–H and O–H groups in total. The van der Waals surface area contributed by atoms with Crippen molar-refractivity contribution in [1.82, 2.24) is 5.32 Å². The van der Waals surface area contributed by atoms with Crippen LogP contribution in [-0.4, -0.2) is 36.0 Å². The van der Waals surface area contributed by atoms with E-state index in [1.807, 2.05) is 0 Å². The molecule has 4 nitrogen and oxygen atoms in total. The van der Waals surface area contributed by atoms with Crippen LogP contribution in [0.15, 0.2) is 0 Å². The minimum Gasteiger partial charge on any atom is -0.466 e. The minimum absolute atomic E-state index is 0.0802. The summed E-state index contributed by atoms with van der Waals surface area (Å²) in [4.78, 5) is 22.7. The maximum Gasteiger partial charge on any atom is 0.306 e. The van der Waals surface area contributed by atoms with E-state index in [0.717, 1.165) is 12.8 Å². The number of esters is 1.